The Morgan fingerprint density at radius 2 is 1.80 bits per heavy atom. The number of hydrogen-bond donors (Lipinski definition) is 1. The maximum absolute atomic E-state index is 14.2. The molecule has 0 aliphatic carbocycles. The number of aromatic nitrogens is 1. The zero-order valence-electron chi connectivity index (χ0n) is 32.6. The van der Waals surface area contributed by atoms with Crippen LogP contribution in [0.5, 0.6) is 0 Å². The number of nitrogens with one attached hydrogen (secondary N) is 1. The van der Waals surface area contributed by atoms with Crippen molar-refractivity contribution in [2.75, 3.05) is 19.8 Å². The molecule has 1 aromatic rings. The molecule has 0 radical (unpaired) electrons. The third-order valence-electron chi connectivity index (χ3n) is 10.0. The highest BCUT2D eigenvalue weighted by atomic mass is 28.4. The number of halogens is 1. The van der Waals surface area contributed by atoms with Crippen molar-refractivity contribution in [3.05, 3.63) is 47.5 Å². The quantitative estimate of drug-likeness (QED) is 0.260. The van der Waals surface area contributed by atoms with E-state index in [1.165, 1.54) is 11.0 Å². The normalized spacial score (nSPS) is 25.2. The molecule has 1 fully saturated rings. The molecule has 1 N–H and O–H groups in total. The van der Waals surface area contributed by atoms with Crippen LogP contribution in [-0.2, 0) is 30.0 Å². The molecule has 0 saturated carbocycles. The average molecular weight is 746 g/mol. The van der Waals surface area contributed by atoms with E-state index in [-0.39, 0.29) is 60.0 Å². The van der Waals surface area contributed by atoms with Gasteiger partial charge < -0.3 is 23.8 Å². The number of rotatable bonds is 6. The van der Waals surface area contributed by atoms with Crippen LogP contribution in [0, 0.1) is 11.8 Å². The van der Waals surface area contributed by atoms with Gasteiger partial charge in [-0.05, 0) is 56.3 Å². The smallest absolute Gasteiger partial charge is 0.329 e. The fourth-order valence-corrected chi connectivity index (χ4v) is 8.65. The maximum Gasteiger partial charge on any atom is 0.329 e. The lowest BCUT2D eigenvalue weighted by atomic mass is 9.90. The lowest BCUT2D eigenvalue weighted by Gasteiger charge is -2.38. The SMILES string of the molecule is CC1=CC(O[Si](C)(C)C(C)(C)C)CC(=O)Cc2nc(c([Si](C)(C)C)o2)C(=O)N2CCC[C@@H]2C(=O)O[C@H]([C@H](C)CCF)[C@H](C)/C=C/C(=O)NCC=C1. The van der Waals surface area contributed by atoms with Crippen molar-refractivity contribution < 1.29 is 37.1 Å². The van der Waals surface area contributed by atoms with Crippen molar-refractivity contribution in [3.63, 3.8) is 0 Å². The zero-order valence-corrected chi connectivity index (χ0v) is 34.6. The highest BCUT2D eigenvalue weighted by Gasteiger charge is 2.42. The molecule has 1 saturated heterocycles. The van der Waals surface area contributed by atoms with Gasteiger partial charge in [0.05, 0.1) is 19.2 Å². The Kier molecular flexibility index (Phi) is 14.6. The van der Waals surface area contributed by atoms with Crippen molar-refractivity contribution >= 4 is 45.3 Å². The number of hydrogen-bond acceptors (Lipinski definition) is 8. The van der Waals surface area contributed by atoms with Gasteiger partial charge in [0.15, 0.2) is 14.0 Å². The number of ether oxygens (including phenoxy) is 1. The molecule has 2 aliphatic rings. The monoisotopic (exact) mass is 745 g/mol. The van der Waals surface area contributed by atoms with Crippen LogP contribution in [-0.4, -0.2) is 87.9 Å². The highest BCUT2D eigenvalue weighted by Crippen LogP contribution is 2.38. The number of Topliss-reactive ketones (excluding diaryl/α,β-unsaturated/α-hetero) is 1. The number of esters is 1. The summed E-state index contributed by atoms with van der Waals surface area (Å²) in [5.41, 5.74) is 1.01. The van der Waals surface area contributed by atoms with E-state index in [0.717, 1.165) is 5.57 Å². The molecular formula is C38H60FN3O7Si2. The Hall–Kier alpha value is -3.17. The molecule has 2 aliphatic heterocycles. The second-order valence-electron chi connectivity index (χ2n) is 16.7. The van der Waals surface area contributed by atoms with Gasteiger partial charge in [0.25, 0.3) is 5.91 Å². The molecule has 0 spiro atoms. The number of nitrogens with zero attached hydrogens (tertiary/aromatic N) is 2. The topological polar surface area (TPSA) is 128 Å². The molecule has 1 unspecified atom stereocenters. The number of fused-ring (bicyclic) bond motifs is 3. The maximum atomic E-state index is 14.2. The number of amides is 2. The van der Waals surface area contributed by atoms with Crippen molar-refractivity contribution in [2.45, 2.75) is 130 Å². The van der Waals surface area contributed by atoms with Crippen molar-refractivity contribution in [1.82, 2.24) is 15.2 Å². The molecule has 2 amide bonds. The van der Waals surface area contributed by atoms with Gasteiger partial charge >= 0.3 is 5.97 Å². The van der Waals surface area contributed by atoms with Crippen molar-refractivity contribution in [1.29, 1.82) is 0 Å². The summed E-state index contributed by atoms with van der Waals surface area (Å²) >= 11 is 0. The lowest BCUT2D eigenvalue weighted by Crippen LogP contribution is -2.47. The summed E-state index contributed by atoms with van der Waals surface area (Å²) in [5.74, 6) is -2.04. The predicted octanol–water partition coefficient (Wildman–Crippen LogP) is 6.45. The first-order valence-electron chi connectivity index (χ1n) is 18.2. The molecule has 5 atom stereocenters. The van der Waals surface area contributed by atoms with Crippen LogP contribution in [0.25, 0.3) is 0 Å². The first-order chi connectivity index (χ1) is 23.6. The summed E-state index contributed by atoms with van der Waals surface area (Å²) < 4.78 is 32.4. The Morgan fingerprint density at radius 3 is 2.43 bits per heavy atom. The predicted molar refractivity (Wildman–Crippen MR) is 203 cm³/mol. The summed E-state index contributed by atoms with van der Waals surface area (Å²) in [6.45, 7) is 22.4. The van der Waals surface area contributed by atoms with Gasteiger partial charge in [0, 0.05) is 25.4 Å². The first-order valence-corrected chi connectivity index (χ1v) is 24.6. The van der Waals surface area contributed by atoms with Crippen LogP contribution < -0.4 is 10.7 Å². The third-order valence-corrected chi connectivity index (χ3v) is 16.2. The van der Waals surface area contributed by atoms with Gasteiger partial charge in [-0.25, -0.2) is 9.78 Å². The number of cyclic esters (lactones) is 1. The average Bonchev–Trinajstić information content (AvgIpc) is 3.67. The number of allylic oxidation sites excluding steroid dienone is 2. The number of carbonyl (C=O) groups is 4. The molecule has 51 heavy (non-hydrogen) atoms. The molecule has 3 rings (SSSR count). The minimum absolute atomic E-state index is 0.0855. The molecule has 1 aromatic heterocycles. The van der Waals surface area contributed by atoms with E-state index < -0.39 is 59.1 Å². The first kappa shape index (κ1) is 42.2. The Labute approximate surface area is 305 Å². The highest BCUT2D eigenvalue weighted by molar-refractivity contribution is 6.88. The van der Waals surface area contributed by atoms with E-state index in [2.05, 4.69) is 44.2 Å². The Bertz CT molecular complexity index is 1510. The molecule has 10 nitrogen and oxygen atoms in total. The largest absolute Gasteiger partial charge is 0.460 e. The van der Waals surface area contributed by atoms with Crippen LogP contribution >= 0.6 is 0 Å². The van der Waals surface area contributed by atoms with Gasteiger partial charge in [-0.3, -0.25) is 18.8 Å². The van der Waals surface area contributed by atoms with E-state index >= 15 is 0 Å². The second kappa shape index (κ2) is 17.6. The van der Waals surface area contributed by atoms with E-state index in [1.807, 2.05) is 58.6 Å². The minimum Gasteiger partial charge on any atom is -0.460 e. The summed E-state index contributed by atoms with van der Waals surface area (Å²) in [6, 6.07) is -0.856. The van der Waals surface area contributed by atoms with Gasteiger partial charge in [-0.1, -0.05) is 84.1 Å². The summed E-state index contributed by atoms with van der Waals surface area (Å²) in [6.07, 6.45) is 8.65. The lowest BCUT2D eigenvalue weighted by molar-refractivity contribution is -0.158. The molecule has 2 bridgehead atoms. The zero-order chi connectivity index (χ0) is 38.3. The summed E-state index contributed by atoms with van der Waals surface area (Å²) in [7, 11) is -4.56. The minimum atomic E-state index is -2.28. The van der Waals surface area contributed by atoms with Gasteiger partial charge in [-0.2, -0.15) is 0 Å². The van der Waals surface area contributed by atoms with Crippen LogP contribution in [0.2, 0.25) is 37.8 Å². The van der Waals surface area contributed by atoms with E-state index in [9.17, 15) is 23.6 Å². The number of oxazole rings is 1. The molecule has 284 valence electrons. The van der Waals surface area contributed by atoms with Gasteiger partial charge in [0.1, 0.15) is 31.4 Å². The van der Waals surface area contributed by atoms with Crippen molar-refractivity contribution in [3.8, 4) is 0 Å². The summed E-state index contributed by atoms with van der Waals surface area (Å²) in [5, 5.41) is 3.22. The molecule has 13 heteroatoms. The molecule has 0 aromatic carbocycles. The third kappa shape index (κ3) is 11.7. The van der Waals surface area contributed by atoms with E-state index in [1.54, 1.807) is 6.08 Å². The van der Waals surface area contributed by atoms with Gasteiger partial charge in [0.2, 0.25) is 11.8 Å². The second-order valence-corrected chi connectivity index (χ2v) is 26.4. The van der Waals surface area contributed by atoms with E-state index in [4.69, 9.17) is 13.6 Å². The Balaban J connectivity index is 2.07. The number of carbonyl (C=O) groups excluding carboxylic acids is 4. The fraction of sp³-hybridized carbons (Fsp3) is 0.658. The Morgan fingerprint density at radius 1 is 1.12 bits per heavy atom. The molecule has 3 heterocycles. The van der Waals surface area contributed by atoms with Crippen LogP contribution in [0.4, 0.5) is 4.39 Å². The van der Waals surface area contributed by atoms with E-state index in [0.29, 0.717) is 24.8 Å². The van der Waals surface area contributed by atoms with Crippen LogP contribution in [0.1, 0.15) is 83.6 Å². The summed E-state index contributed by atoms with van der Waals surface area (Å²) in [4.78, 5) is 60.4. The number of alkyl halides is 1. The van der Waals surface area contributed by atoms with Crippen LogP contribution in [0.15, 0.2) is 40.4 Å². The van der Waals surface area contributed by atoms with Crippen LogP contribution in [0.3, 0.4) is 0 Å². The fourth-order valence-electron chi connectivity index (χ4n) is 6.09. The molecular weight excluding hydrogens is 686 g/mol. The van der Waals surface area contributed by atoms with Gasteiger partial charge in [-0.15, -0.1) is 0 Å². The number of ketones is 1. The standard InChI is InChI=1S/C38H60FN3O7Si2/c1-25-14-12-20-40-31(44)17-16-26(2)34(27(3)18-19-39)48-36(46)30-15-13-21-42(30)35(45)33-37(50(7,8)9)47-32(41-33)24-28(43)23-29(22-25)49-51(10,11)38(4,5)6/h12,14,16-17,22,26-27,29-30,34H,13,15,18-21,23-24H2,1-11H3,(H,40,44)/b14-12?,17-16+,25-22?/t26-,27-,29?,30-,34+/m1/s1. The van der Waals surface area contributed by atoms with Crippen molar-refractivity contribution in [2.24, 2.45) is 11.8 Å².